The van der Waals surface area contributed by atoms with Crippen LogP contribution in [0.3, 0.4) is 0 Å². The average Bonchev–Trinajstić information content (AvgIpc) is 2.36. The predicted octanol–water partition coefficient (Wildman–Crippen LogP) is 4.93. The molecule has 2 aromatic carbocycles. The van der Waals surface area contributed by atoms with Crippen LogP contribution in [0.15, 0.2) is 36.4 Å². The molecule has 1 radical (unpaired) electrons. The molecule has 20 heavy (non-hydrogen) atoms. The first kappa shape index (κ1) is 14.6. The predicted molar refractivity (Wildman–Crippen MR) is 57.7 cm³/mol. The van der Waals surface area contributed by atoms with Crippen LogP contribution in [0.2, 0.25) is 0 Å². The monoisotopic (exact) mass is 295 g/mol. The summed E-state index contributed by atoms with van der Waals surface area (Å²) in [5.41, 5.74) is -1.40. The molecule has 0 aliphatic carbocycles. The summed E-state index contributed by atoms with van der Waals surface area (Å²) in [5.74, 6) is -11.5. The van der Waals surface area contributed by atoms with Crippen molar-refractivity contribution >= 4 is 10.8 Å². The largest absolute Gasteiger partial charge is 0.460 e. The fraction of sp³-hybridized carbons (Fsp3) is 0.231. The highest BCUT2D eigenvalue weighted by molar-refractivity contribution is 5.82. The van der Waals surface area contributed by atoms with E-state index >= 15 is 0 Å². The summed E-state index contributed by atoms with van der Waals surface area (Å²) in [4.78, 5) is 0. The molecule has 7 heteroatoms. The maximum atomic E-state index is 13.5. The van der Waals surface area contributed by atoms with E-state index in [9.17, 15) is 30.7 Å². The van der Waals surface area contributed by atoms with Gasteiger partial charge in [0, 0.05) is 5.56 Å². The quantitative estimate of drug-likeness (QED) is 0.689. The van der Waals surface area contributed by atoms with E-state index in [1.807, 2.05) is 0 Å². The van der Waals surface area contributed by atoms with Gasteiger partial charge in [-0.3, -0.25) is 0 Å². The zero-order valence-corrected chi connectivity index (χ0v) is 9.61. The van der Waals surface area contributed by atoms with E-state index in [0.717, 1.165) is 6.07 Å². The van der Waals surface area contributed by atoms with Crippen molar-refractivity contribution in [2.75, 3.05) is 0 Å². The summed E-state index contributed by atoms with van der Waals surface area (Å²) in [5, 5.41) is 0.435. The second-order valence-electron chi connectivity index (χ2n) is 4.12. The Morgan fingerprint density at radius 1 is 0.850 bits per heavy atom. The second-order valence-corrected chi connectivity index (χ2v) is 4.12. The van der Waals surface area contributed by atoms with Crippen LogP contribution in [0.1, 0.15) is 5.56 Å². The van der Waals surface area contributed by atoms with Gasteiger partial charge in [-0.1, -0.05) is 30.3 Å². The van der Waals surface area contributed by atoms with Crippen molar-refractivity contribution < 1.29 is 30.7 Å². The van der Waals surface area contributed by atoms with Gasteiger partial charge >= 0.3 is 18.0 Å². The molecule has 0 saturated carbocycles. The number of fused-ring (bicyclic) bond motifs is 1. The Morgan fingerprint density at radius 3 is 2.10 bits per heavy atom. The van der Waals surface area contributed by atoms with E-state index in [0.29, 0.717) is 17.5 Å². The highest BCUT2D eigenvalue weighted by atomic mass is 19.4. The Balaban J connectivity index is 2.57. The Labute approximate surface area is 108 Å². The molecule has 0 saturated heterocycles. The maximum absolute atomic E-state index is 13.5. The molecular weight excluding hydrogens is 289 g/mol. The third-order valence-electron chi connectivity index (χ3n) is 2.78. The normalized spacial score (nSPS) is 13.8. The van der Waals surface area contributed by atoms with Gasteiger partial charge in [0.05, 0.1) is 0 Å². The number of rotatable bonds is 2. The van der Waals surface area contributed by atoms with Gasteiger partial charge in [0.1, 0.15) is 0 Å². The molecule has 0 N–H and O–H groups in total. The molecule has 0 fully saturated rings. The minimum atomic E-state index is -6.34. The number of halogens is 7. The molecule has 0 atom stereocenters. The summed E-state index contributed by atoms with van der Waals surface area (Å²) in [7, 11) is 0. The van der Waals surface area contributed by atoms with Gasteiger partial charge in [0.15, 0.2) is 0 Å². The van der Waals surface area contributed by atoms with Gasteiger partial charge in [-0.05, 0) is 22.9 Å². The van der Waals surface area contributed by atoms with Crippen LogP contribution in [0.5, 0.6) is 0 Å². The lowest BCUT2D eigenvalue weighted by atomic mass is 9.98. The van der Waals surface area contributed by atoms with Crippen molar-refractivity contribution in [3.05, 3.63) is 48.0 Å². The smallest absolute Gasteiger partial charge is 0.194 e. The molecule has 2 rings (SSSR count). The zero-order valence-electron chi connectivity index (χ0n) is 9.61. The number of alkyl halides is 7. The highest BCUT2D eigenvalue weighted by Crippen LogP contribution is 2.51. The first-order valence-electron chi connectivity index (χ1n) is 5.30. The first-order valence-corrected chi connectivity index (χ1v) is 5.30. The van der Waals surface area contributed by atoms with Crippen LogP contribution >= 0.6 is 0 Å². The highest BCUT2D eigenvalue weighted by Gasteiger charge is 2.73. The van der Waals surface area contributed by atoms with Gasteiger partial charge in [-0.25, -0.2) is 0 Å². The molecule has 0 nitrogen and oxygen atoms in total. The SMILES string of the molecule is FC(F)(F)C(F)(F)C(F)(F)c1ccc2[c]cccc2c1. The van der Waals surface area contributed by atoms with Crippen LogP contribution < -0.4 is 0 Å². The molecule has 0 aromatic heterocycles. The Morgan fingerprint density at radius 2 is 1.50 bits per heavy atom. The molecule has 0 aliphatic heterocycles. The van der Waals surface area contributed by atoms with Crippen molar-refractivity contribution in [3.63, 3.8) is 0 Å². The van der Waals surface area contributed by atoms with E-state index in [1.165, 1.54) is 18.2 Å². The molecule has 0 heterocycles. The topological polar surface area (TPSA) is 0 Å². The molecule has 0 amide bonds. The van der Waals surface area contributed by atoms with Crippen molar-refractivity contribution in [3.8, 4) is 0 Å². The van der Waals surface area contributed by atoms with Crippen molar-refractivity contribution in [1.29, 1.82) is 0 Å². The van der Waals surface area contributed by atoms with E-state index in [2.05, 4.69) is 6.07 Å². The summed E-state index contributed by atoms with van der Waals surface area (Å²) in [6.07, 6.45) is -6.34. The number of hydrogen-bond donors (Lipinski definition) is 0. The number of hydrogen-bond acceptors (Lipinski definition) is 0. The van der Waals surface area contributed by atoms with Gasteiger partial charge in [-0.2, -0.15) is 30.7 Å². The van der Waals surface area contributed by atoms with E-state index in [1.54, 1.807) is 0 Å². The Bertz CT molecular complexity index is 628. The fourth-order valence-corrected chi connectivity index (χ4v) is 1.68. The lowest BCUT2D eigenvalue weighted by molar-refractivity contribution is -0.359. The average molecular weight is 295 g/mol. The lowest BCUT2D eigenvalue weighted by Crippen LogP contribution is -2.50. The third kappa shape index (κ3) is 2.10. The van der Waals surface area contributed by atoms with Crippen molar-refractivity contribution in [1.82, 2.24) is 0 Å². The third-order valence-corrected chi connectivity index (χ3v) is 2.78. The maximum Gasteiger partial charge on any atom is 0.460 e. The Kier molecular flexibility index (Phi) is 3.19. The van der Waals surface area contributed by atoms with Crippen molar-refractivity contribution in [2.24, 2.45) is 0 Å². The standard InChI is InChI=1S/C13H6F7/c14-11(15,12(16,17)13(18,19)20)10-6-5-8-3-1-2-4-9(8)7-10/h1-2,4-7H. The molecule has 0 aliphatic rings. The zero-order chi connectivity index (χ0) is 15.2. The van der Waals surface area contributed by atoms with E-state index < -0.39 is 23.6 Å². The van der Waals surface area contributed by atoms with Crippen LogP contribution in [0.4, 0.5) is 30.7 Å². The Hall–Kier alpha value is -1.79. The second kappa shape index (κ2) is 4.36. The lowest BCUT2D eigenvalue weighted by Gasteiger charge is -2.28. The molecule has 107 valence electrons. The number of benzene rings is 2. The molecular formula is C13H6F7. The molecule has 2 aromatic rings. The summed E-state index contributed by atoms with van der Waals surface area (Å²) in [6, 6.07) is 8.99. The van der Waals surface area contributed by atoms with Gasteiger partial charge in [0.25, 0.3) is 0 Å². The fourth-order valence-electron chi connectivity index (χ4n) is 1.68. The van der Waals surface area contributed by atoms with Crippen LogP contribution in [-0.4, -0.2) is 12.1 Å². The van der Waals surface area contributed by atoms with E-state index in [-0.39, 0.29) is 5.39 Å². The summed E-state index contributed by atoms with van der Waals surface area (Å²) < 4.78 is 89.1. The summed E-state index contributed by atoms with van der Waals surface area (Å²) in [6.45, 7) is 0. The van der Waals surface area contributed by atoms with Gasteiger partial charge in [0.2, 0.25) is 0 Å². The van der Waals surface area contributed by atoms with E-state index in [4.69, 9.17) is 0 Å². The minimum Gasteiger partial charge on any atom is -0.194 e. The molecule has 0 bridgehead atoms. The summed E-state index contributed by atoms with van der Waals surface area (Å²) >= 11 is 0. The van der Waals surface area contributed by atoms with Gasteiger partial charge < -0.3 is 0 Å². The van der Waals surface area contributed by atoms with Crippen LogP contribution in [0.25, 0.3) is 10.8 Å². The van der Waals surface area contributed by atoms with Crippen molar-refractivity contribution in [2.45, 2.75) is 18.0 Å². The van der Waals surface area contributed by atoms with Gasteiger partial charge in [-0.15, -0.1) is 0 Å². The minimum absolute atomic E-state index is 0.0997. The van der Waals surface area contributed by atoms with Crippen LogP contribution in [-0.2, 0) is 5.92 Å². The molecule has 0 unspecified atom stereocenters. The molecule has 0 spiro atoms. The first-order chi connectivity index (χ1) is 9.07. The van der Waals surface area contributed by atoms with Crippen LogP contribution in [0, 0.1) is 6.07 Å².